The molecule has 228 valence electrons. The van der Waals surface area contributed by atoms with E-state index in [9.17, 15) is 14.4 Å². The smallest absolute Gasteiger partial charge is 0.310 e. The molecular formula is C33H44N2O7. The Morgan fingerprint density at radius 3 is 2.19 bits per heavy atom. The zero-order valence-electron chi connectivity index (χ0n) is 24.4. The van der Waals surface area contributed by atoms with Gasteiger partial charge in [-0.05, 0) is 30.4 Å². The number of aliphatic hydroxyl groups is 1. The molecule has 9 nitrogen and oxygen atoms in total. The molecule has 0 saturated carbocycles. The van der Waals surface area contributed by atoms with Crippen molar-refractivity contribution in [1.29, 1.82) is 0 Å². The van der Waals surface area contributed by atoms with E-state index in [1.165, 1.54) is 7.11 Å². The number of carbonyl (C=O) groups is 3. The van der Waals surface area contributed by atoms with Crippen LogP contribution in [0.15, 0.2) is 86.0 Å². The first kappa shape index (κ1) is 34.4. The highest BCUT2D eigenvalue weighted by molar-refractivity contribution is 5.86. The second-order valence-corrected chi connectivity index (χ2v) is 9.86. The molecule has 2 rings (SSSR count). The summed E-state index contributed by atoms with van der Waals surface area (Å²) in [6.07, 6.45) is 3.57. The van der Waals surface area contributed by atoms with Gasteiger partial charge in [-0.2, -0.15) is 0 Å². The second-order valence-electron chi connectivity index (χ2n) is 9.86. The summed E-state index contributed by atoms with van der Waals surface area (Å²) in [5, 5.41) is 14.5. The van der Waals surface area contributed by atoms with E-state index in [1.807, 2.05) is 60.7 Å². The minimum Gasteiger partial charge on any atom is -0.455 e. The van der Waals surface area contributed by atoms with E-state index in [0.717, 1.165) is 5.56 Å². The Labute approximate surface area is 248 Å². The monoisotopic (exact) mass is 580 g/mol. The lowest BCUT2D eigenvalue weighted by atomic mass is 9.95. The minimum absolute atomic E-state index is 0.0637. The largest absolute Gasteiger partial charge is 0.455 e. The number of aliphatic hydroxyl groups excluding tert-OH is 1. The molecule has 0 radical (unpaired) electrons. The van der Waals surface area contributed by atoms with Crippen LogP contribution in [0.4, 0.5) is 0 Å². The molecule has 0 saturated heterocycles. The van der Waals surface area contributed by atoms with Gasteiger partial charge in [0.2, 0.25) is 11.8 Å². The molecule has 9 heteroatoms. The van der Waals surface area contributed by atoms with E-state index in [4.69, 9.17) is 19.3 Å². The first-order valence-corrected chi connectivity index (χ1v) is 14.2. The van der Waals surface area contributed by atoms with Crippen molar-refractivity contribution in [3.63, 3.8) is 0 Å². The van der Waals surface area contributed by atoms with Crippen LogP contribution in [-0.4, -0.2) is 69.0 Å². The number of carbonyl (C=O) groups excluding carboxylic acids is 3. The quantitative estimate of drug-likeness (QED) is 0.117. The summed E-state index contributed by atoms with van der Waals surface area (Å²) < 4.78 is 16.7. The molecule has 2 aromatic carbocycles. The van der Waals surface area contributed by atoms with E-state index < -0.39 is 30.0 Å². The van der Waals surface area contributed by atoms with Gasteiger partial charge in [-0.1, -0.05) is 72.8 Å². The molecule has 2 aromatic rings. The number of amides is 2. The van der Waals surface area contributed by atoms with Crippen LogP contribution in [-0.2, 0) is 35.0 Å². The number of methoxy groups -OCH3 is 1. The summed E-state index contributed by atoms with van der Waals surface area (Å²) in [7, 11) is 1.51. The minimum atomic E-state index is -0.840. The van der Waals surface area contributed by atoms with Gasteiger partial charge < -0.3 is 30.0 Å². The van der Waals surface area contributed by atoms with Crippen molar-refractivity contribution in [3.05, 3.63) is 97.1 Å². The number of rotatable bonds is 21. The van der Waals surface area contributed by atoms with E-state index in [-0.39, 0.29) is 57.6 Å². The Bertz CT molecular complexity index is 1090. The summed E-state index contributed by atoms with van der Waals surface area (Å²) in [5.74, 6) is -2.26. The fourth-order valence-electron chi connectivity index (χ4n) is 4.50. The molecule has 0 aromatic heterocycles. The molecular weight excluding hydrogens is 536 g/mol. The standard InChI is InChI=1S/C33H44N2O7/c1-4-12-27(23-30(37)34-18-20-41-21-19-36)32(38)35-29(24-40-3)31(26-16-10-7-11-17-26)42-33(39)28(13-5-2)22-25-14-8-6-9-15-25/h4-11,14-17,27-29,31,36H,1-2,12-13,18-24H2,3H3,(H,34,37)(H,35,38)/t27-,28+,29+,31+/m1/s1. The molecule has 0 unspecified atom stereocenters. The molecule has 4 atom stereocenters. The van der Waals surface area contributed by atoms with Crippen LogP contribution in [0, 0.1) is 11.8 Å². The molecule has 0 spiro atoms. The van der Waals surface area contributed by atoms with Gasteiger partial charge in [0.15, 0.2) is 0 Å². The van der Waals surface area contributed by atoms with Crippen molar-refractivity contribution in [2.75, 3.05) is 40.1 Å². The maximum absolute atomic E-state index is 13.6. The number of ether oxygens (including phenoxy) is 3. The molecule has 0 bridgehead atoms. The van der Waals surface area contributed by atoms with Gasteiger partial charge in [-0.25, -0.2) is 0 Å². The van der Waals surface area contributed by atoms with Crippen molar-refractivity contribution >= 4 is 17.8 Å². The third-order valence-electron chi connectivity index (χ3n) is 6.58. The summed E-state index contributed by atoms with van der Waals surface area (Å²) in [6, 6.07) is 18.2. The van der Waals surface area contributed by atoms with Gasteiger partial charge in [0.05, 0.1) is 44.3 Å². The van der Waals surface area contributed by atoms with Crippen LogP contribution in [0.1, 0.15) is 36.5 Å². The van der Waals surface area contributed by atoms with Gasteiger partial charge in [-0.15, -0.1) is 13.2 Å². The number of esters is 1. The molecule has 0 fully saturated rings. The zero-order chi connectivity index (χ0) is 30.6. The summed E-state index contributed by atoms with van der Waals surface area (Å²) in [4.78, 5) is 39.5. The third kappa shape index (κ3) is 12.4. The molecule has 0 aliphatic carbocycles. The van der Waals surface area contributed by atoms with Crippen molar-refractivity contribution in [2.45, 2.75) is 37.8 Å². The number of hydrogen-bond donors (Lipinski definition) is 3. The molecule has 42 heavy (non-hydrogen) atoms. The predicted molar refractivity (Wildman–Crippen MR) is 161 cm³/mol. The van der Waals surface area contributed by atoms with Crippen molar-refractivity contribution < 1.29 is 33.7 Å². The first-order valence-electron chi connectivity index (χ1n) is 14.2. The molecule has 3 N–H and O–H groups in total. The SMILES string of the molecule is C=CC[C@H](CC(=O)NCCOCCO)C(=O)N[C@@H](COC)[C@@H](OC(=O)[C@@H](CC=C)Cc1ccccc1)c1ccccc1. The average Bonchev–Trinajstić information content (AvgIpc) is 3.00. The Balaban J connectivity index is 2.21. The van der Waals surface area contributed by atoms with Gasteiger partial charge in [0.25, 0.3) is 0 Å². The van der Waals surface area contributed by atoms with Gasteiger partial charge >= 0.3 is 5.97 Å². The average molecular weight is 581 g/mol. The Kier molecular flexibility index (Phi) is 16.5. The maximum Gasteiger partial charge on any atom is 0.310 e. The lowest BCUT2D eigenvalue weighted by Gasteiger charge is -2.30. The number of allylic oxidation sites excluding steroid dienone is 2. The topological polar surface area (TPSA) is 123 Å². The van der Waals surface area contributed by atoms with Crippen molar-refractivity contribution in [2.24, 2.45) is 11.8 Å². The van der Waals surface area contributed by atoms with E-state index in [1.54, 1.807) is 12.2 Å². The first-order chi connectivity index (χ1) is 20.4. The lowest BCUT2D eigenvalue weighted by molar-refractivity contribution is -0.158. The van der Waals surface area contributed by atoms with E-state index in [0.29, 0.717) is 18.4 Å². The normalized spacial score (nSPS) is 13.7. The molecule has 0 heterocycles. The number of hydrogen-bond acceptors (Lipinski definition) is 7. The van der Waals surface area contributed by atoms with Crippen LogP contribution < -0.4 is 10.6 Å². The van der Waals surface area contributed by atoms with Crippen molar-refractivity contribution in [1.82, 2.24) is 10.6 Å². The summed E-state index contributed by atoms with van der Waals surface area (Å²) in [6.45, 7) is 8.22. The second kappa shape index (κ2) is 20.1. The Morgan fingerprint density at radius 1 is 0.929 bits per heavy atom. The third-order valence-corrected chi connectivity index (χ3v) is 6.58. The van der Waals surface area contributed by atoms with Gasteiger partial charge in [-0.3, -0.25) is 14.4 Å². The highest BCUT2D eigenvalue weighted by atomic mass is 16.5. The van der Waals surface area contributed by atoms with Gasteiger partial charge in [0.1, 0.15) is 6.10 Å². The van der Waals surface area contributed by atoms with E-state index >= 15 is 0 Å². The highest BCUT2D eigenvalue weighted by Gasteiger charge is 2.33. The molecule has 0 aliphatic heterocycles. The van der Waals surface area contributed by atoms with Gasteiger partial charge in [0, 0.05) is 20.1 Å². The van der Waals surface area contributed by atoms with E-state index in [2.05, 4.69) is 23.8 Å². The highest BCUT2D eigenvalue weighted by Crippen LogP contribution is 2.26. The zero-order valence-corrected chi connectivity index (χ0v) is 24.4. The van der Waals surface area contributed by atoms with Crippen LogP contribution in [0.25, 0.3) is 0 Å². The Morgan fingerprint density at radius 2 is 1.57 bits per heavy atom. The lowest BCUT2D eigenvalue weighted by Crippen LogP contribution is -2.47. The fraction of sp³-hybridized carbons (Fsp3) is 0.424. The van der Waals surface area contributed by atoms with Crippen LogP contribution in [0.5, 0.6) is 0 Å². The van der Waals surface area contributed by atoms with Crippen LogP contribution in [0.2, 0.25) is 0 Å². The Hall–Kier alpha value is -3.79. The number of nitrogens with one attached hydrogen (secondary N) is 2. The molecule has 0 aliphatic rings. The van der Waals surface area contributed by atoms with Crippen LogP contribution in [0.3, 0.4) is 0 Å². The number of benzene rings is 2. The summed E-state index contributed by atoms with van der Waals surface area (Å²) >= 11 is 0. The fourth-order valence-corrected chi connectivity index (χ4v) is 4.50. The van der Waals surface area contributed by atoms with Crippen LogP contribution >= 0.6 is 0 Å². The summed E-state index contributed by atoms with van der Waals surface area (Å²) in [5.41, 5.74) is 1.70. The van der Waals surface area contributed by atoms with Crippen molar-refractivity contribution in [3.8, 4) is 0 Å². The molecule has 2 amide bonds. The predicted octanol–water partition coefficient (Wildman–Crippen LogP) is 3.54. The maximum atomic E-state index is 13.6.